The smallest absolute Gasteiger partial charge is 0.195 e. The first kappa shape index (κ1) is 10.6. The Bertz CT molecular complexity index is 430. The van der Waals surface area contributed by atoms with Gasteiger partial charge in [0.2, 0.25) is 0 Å². The molecule has 0 unspecified atom stereocenters. The van der Waals surface area contributed by atoms with Crippen LogP contribution in [-0.2, 0) is 10.2 Å². The monoisotopic (exact) mass is 226 g/mol. The first-order valence-corrected chi connectivity index (χ1v) is 6.40. The summed E-state index contributed by atoms with van der Waals surface area (Å²) in [5, 5.41) is 0. The highest BCUT2D eigenvalue weighted by molar-refractivity contribution is 7.87. The van der Waals surface area contributed by atoms with Gasteiger partial charge in [0.05, 0.1) is 6.04 Å². The van der Waals surface area contributed by atoms with Crippen LogP contribution in [0, 0.1) is 0 Å². The van der Waals surface area contributed by atoms with E-state index in [2.05, 4.69) is 4.72 Å². The molecule has 0 bridgehead atoms. The maximum atomic E-state index is 11.6. The van der Waals surface area contributed by atoms with E-state index in [0.29, 0.717) is 13.1 Å². The molecule has 1 fully saturated rings. The zero-order valence-corrected chi connectivity index (χ0v) is 9.37. The zero-order chi connectivity index (χ0) is 10.9. The number of rotatable bonds is 2. The highest BCUT2D eigenvalue weighted by Gasteiger charge is 2.34. The summed E-state index contributed by atoms with van der Waals surface area (Å²) < 4.78 is 27.3. The molecule has 0 amide bonds. The first-order chi connectivity index (χ1) is 7.13. The normalized spacial score (nSPS) is 25.5. The summed E-state index contributed by atoms with van der Waals surface area (Å²) in [4.78, 5) is 0. The summed E-state index contributed by atoms with van der Waals surface area (Å²) in [7, 11) is -3.25. The van der Waals surface area contributed by atoms with Crippen LogP contribution in [0.25, 0.3) is 0 Å². The van der Waals surface area contributed by atoms with Gasteiger partial charge in [0.1, 0.15) is 0 Å². The molecular formula is C10H14N2O2S. The summed E-state index contributed by atoms with van der Waals surface area (Å²) in [6.45, 7) is 2.87. The lowest BCUT2D eigenvalue weighted by Crippen LogP contribution is -2.29. The fourth-order valence-corrected chi connectivity index (χ4v) is 3.16. The summed E-state index contributed by atoms with van der Waals surface area (Å²) in [5.74, 6) is 0. The Kier molecular flexibility index (Phi) is 2.77. The quantitative estimate of drug-likeness (QED) is 0.814. The summed E-state index contributed by atoms with van der Waals surface area (Å²) in [6, 6.07) is 9.51. The number of nitrogens with zero attached hydrogens (tertiary/aromatic N) is 1. The fourth-order valence-electron chi connectivity index (χ4n) is 1.75. The van der Waals surface area contributed by atoms with Gasteiger partial charge in [0.15, 0.2) is 0 Å². The second-order valence-corrected chi connectivity index (χ2v) is 5.24. The molecule has 1 heterocycles. The Morgan fingerprint density at radius 3 is 2.60 bits per heavy atom. The summed E-state index contributed by atoms with van der Waals surface area (Å²) in [6.07, 6.45) is 0. The molecule has 0 spiro atoms. The summed E-state index contributed by atoms with van der Waals surface area (Å²) >= 11 is 0. The van der Waals surface area contributed by atoms with Gasteiger partial charge < -0.3 is 0 Å². The second-order valence-electron chi connectivity index (χ2n) is 3.54. The Labute approximate surface area is 90.1 Å². The average Bonchev–Trinajstić information content (AvgIpc) is 2.55. The van der Waals surface area contributed by atoms with Crippen LogP contribution in [0.4, 0.5) is 0 Å². The molecule has 1 saturated heterocycles. The van der Waals surface area contributed by atoms with Crippen molar-refractivity contribution in [1.82, 2.24) is 9.03 Å². The van der Waals surface area contributed by atoms with Gasteiger partial charge in [-0.2, -0.15) is 17.4 Å². The third kappa shape index (κ3) is 2.04. The molecule has 1 atom stereocenters. The van der Waals surface area contributed by atoms with Gasteiger partial charge in [-0.15, -0.1) is 0 Å². The lowest BCUT2D eigenvalue weighted by atomic mass is 10.1. The van der Waals surface area contributed by atoms with E-state index < -0.39 is 10.2 Å². The van der Waals surface area contributed by atoms with Crippen molar-refractivity contribution < 1.29 is 8.42 Å². The molecule has 0 radical (unpaired) electrons. The molecule has 0 saturated carbocycles. The molecule has 2 rings (SSSR count). The highest BCUT2D eigenvalue weighted by atomic mass is 32.2. The third-order valence-corrected chi connectivity index (χ3v) is 4.24. The molecule has 82 valence electrons. The van der Waals surface area contributed by atoms with Crippen LogP contribution in [0.3, 0.4) is 0 Å². The lowest BCUT2D eigenvalue weighted by Gasteiger charge is -2.09. The van der Waals surface area contributed by atoms with Crippen molar-refractivity contribution in [2.24, 2.45) is 0 Å². The van der Waals surface area contributed by atoms with E-state index in [4.69, 9.17) is 0 Å². The Morgan fingerprint density at radius 2 is 2.07 bits per heavy atom. The zero-order valence-electron chi connectivity index (χ0n) is 8.55. The van der Waals surface area contributed by atoms with Crippen molar-refractivity contribution in [2.45, 2.75) is 13.0 Å². The minimum atomic E-state index is -3.25. The van der Waals surface area contributed by atoms with Crippen LogP contribution in [0.5, 0.6) is 0 Å². The summed E-state index contributed by atoms with van der Waals surface area (Å²) in [5.41, 5.74) is 1.01. The molecule has 15 heavy (non-hydrogen) atoms. The molecule has 1 aliphatic heterocycles. The van der Waals surface area contributed by atoms with E-state index in [0.717, 1.165) is 5.56 Å². The number of hydrogen-bond donors (Lipinski definition) is 1. The van der Waals surface area contributed by atoms with Crippen LogP contribution in [-0.4, -0.2) is 25.8 Å². The second kappa shape index (κ2) is 3.92. The molecule has 1 aliphatic rings. The average molecular weight is 226 g/mol. The van der Waals surface area contributed by atoms with Crippen LogP contribution >= 0.6 is 0 Å². The molecule has 0 aromatic heterocycles. The molecule has 1 aromatic carbocycles. The van der Waals surface area contributed by atoms with Gasteiger partial charge in [0.25, 0.3) is 10.2 Å². The third-order valence-electron chi connectivity index (χ3n) is 2.57. The maximum Gasteiger partial charge on any atom is 0.280 e. The molecular weight excluding hydrogens is 212 g/mol. The van der Waals surface area contributed by atoms with Crippen molar-refractivity contribution in [3.63, 3.8) is 0 Å². The molecule has 1 N–H and O–H groups in total. The maximum absolute atomic E-state index is 11.6. The highest BCUT2D eigenvalue weighted by Crippen LogP contribution is 2.22. The lowest BCUT2D eigenvalue weighted by molar-refractivity contribution is 0.448. The van der Waals surface area contributed by atoms with E-state index in [1.165, 1.54) is 4.31 Å². The van der Waals surface area contributed by atoms with Crippen molar-refractivity contribution in [2.75, 3.05) is 13.1 Å². The molecule has 5 heteroatoms. The van der Waals surface area contributed by atoms with Crippen molar-refractivity contribution in [1.29, 1.82) is 0 Å². The fraction of sp³-hybridized carbons (Fsp3) is 0.400. The Morgan fingerprint density at radius 1 is 1.40 bits per heavy atom. The Balaban J connectivity index is 2.23. The van der Waals surface area contributed by atoms with E-state index in [1.54, 1.807) is 0 Å². The van der Waals surface area contributed by atoms with Crippen molar-refractivity contribution in [3.8, 4) is 0 Å². The van der Waals surface area contributed by atoms with Gasteiger partial charge in [-0.05, 0) is 5.56 Å². The largest absolute Gasteiger partial charge is 0.280 e. The van der Waals surface area contributed by atoms with E-state index >= 15 is 0 Å². The van der Waals surface area contributed by atoms with E-state index in [9.17, 15) is 8.42 Å². The SMILES string of the molecule is CCN1C[C@H](c2ccccc2)NS1(=O)=O. The predicted octanol–water partition coefficient (Wildman–Crippen LogP) is 0.898. The minimum absolute atomic E-state index is 0.115. The number of hydrogen-bond acceptors (Lipinski definition) is 2. The van der Waals surface area contributed by atoms with Crippen LogP contribution in [0.2, 0.25) is 0 Å². The first-order valence-electron chi connectivity index (χ1n) is 4.96. The van der Waals surface area contributed by atoms with Crippen LogP contribution in [0.15, 0.2) is 30.3 Å². The topological polar surface area (TPSA) is 49.4 Å². The number of nitrogens with one attached hydrogen (secondary N) is 1. The molecule has 1 aromatic rings. The Hall–Kier alpha value is -0.910. The van der Waals surface area contributed by atoms with Gasteiger partial charge in [-0.25, -0.2) is 0 Å². The minimum Gasteiger partial charge on any atom is -0.195 e. The van der Waals surface area contributed by atoms with Crippen LogP contribution < -0.4 is 4.72 Å². The number of benzene rings is 1. The van der Waals surface area contributed by atoms with Crippen LogP contribution in [0.1, 0.15) is 18.5 Å². The van der Waals surface area contributed by atoms with Gasteiger partial charge in [-0.1, -0.05) is 37.3 Å². The van der Waals surface area contributed by atoms with Crippen molar-refractivity contribution >= 4 is 10.2 Å². The molecule has 4 nitrogen and oxygen atoms in total. The number of likely N-dealkylation sites (N-methyl/N-ethyl adjacent to an activating group) is 1. The molecule has 0 aliphatic carbocycles. The standard InChI is InChI=1S/C10H14N2O2S/c1-2-12-8-10(11-15(12,13)14)9-6-4-3-5-7-9/h3-7,10-11H,2,8H2,1H3/t10-/m1/s1. The van der Waals surface area contributed by atoms with E-state index in [1.807, 2.05) is 37.3 Å². The predicted molar refractivity (Wildman–Crippen MR) is 58.5 cm³/mol. The van der Waals surface area contributed by atoms with Gasteiger partial charge >= 0.3 is 0 Å². The van der Waals surface area contributed by atoms with Gasteiger partial charge in [-0.3, -0.25) is 0 Å². The van der Waals surface area contributed by atoms with Gasteiger partial charge in [0, 0.05) is 13.1 Å². The van der Waals surface area contributed by atoms with E-state index in [-0.39, 0.29) is 6.04 Å². The van der Waals surface area contributed by atoms with Crippen molar-refractivity contribution in [3.05, 3.63) is 35.9 Å².